The van der Waals surface area contributed by atoms with Gasteiger partial charge in [-0.05, 0) is 53.6 Å². The average Bonchev–Trinajstić information content (AvgIpc) is 2.60. The van der Waals surface area contributed by atoms with Crippen LogP contribution in [0, 0.1) is 11.7 Å². The lowest BCUT2D eigenvalue weighted by Gasteiger charge is -2.32. The number of hydrogen-bond acceptors (Lipinski definition) is 3. The molecule has 0 spiro atoms. The number of halogens is 1. The molecule has 3 rings (SSSR count). The van der Waals surface area contributed by atoms with E-state index >= 15 is 0 Å². The Morgan fingerprint density at radius 3 is 2.92 bits per heavy atom. The summed E-state index contributed by atoms with van der Waals surface area (Å²) in [4.78, 5) is 10.8. The predicted molar refractivity (Wildman–Crippen MR) is 94.6 cm³/mol. The average molecular weight is 342 g/mol. The van der Waals surface area contributed by atoms with Crippen LogP contribution in [-0.2, 0) is 17.8 Å². The molecule has 0 unspecified atom stereocenters. The zero-order chi connectivity index (χ0) is 17.8. The fraction of sp³-hybridized carbons (Fsp3) is 0.350. The Bertz CT molecular complexity index is 763. The Hall–Kier alpha value is -2.40. The minimum atomic E-state index is -0.502. The summed E-state index contributed by atoms with van der Waals surface area (Å²) >= 11 is 0. The van der Waals surface area contributed by atoms with Gasteiger partial charge in [0.15, 0.2) is 6.61 Å². The summed E-state index contributed by atoms with van der Waals surface area (Å²) in [5.74, 6) is 0.432. The molecule has 1 amide bonds. The highest BCUT2D eigenvalue weighted by atomic mass is 19.1. The number of carbonyl (C=O) groups is 1. The number of rotatable bonds is 6. The van der Waals surface area contributed by atoms with Gasteiger partial charge in [0, 0.05) is 12.6 Å². The number of primary amides is 1. The lowest BCUT2D eigenvalue weighted by atomic mass is 9.80. The summed E-state index contributed by atoms with van der Waals surface area (Å²) in [6.45, 7) is 2.69. The molecule has 2 aromatic rings. The van der Waals surface area contributed by atoms with Crippen LogP contribution in [0.25, 0.3) is 0 Å². The van der Waals surface area contributed by atoms with Gasteiger partial charge in [-0.15, -0.1) is 0 Å². The molecule has 2 atom stereocenters. The van der Waals surface area contributed by atoms with Crippen LogP contribution in [0.1, 0.15) is 36.1 Å². The second-order valence-electron chi connectivity index (χ2n) is 6.58. The zero-order valence-electron chi connectivity index (χ0n) is 14.3. The van der Waals surface area contributed by atoms with Crippen LogP contribution in [0.15, 0.2) is 42.5 Å². The van der Waals surface area contributed by atoms with Crippen molar-refractivity contribution in [1.82, 2.24) is 5.32 Å². The fourth-order valence-corrected chi connectivity index (χ4v) is 3.41. The number of hydrogen-bond donors (Lipinski definition) is 2. The van der Waals surface area contributed by atoms with Crippen LogP contribution in [-0.4, -0.2) is 12.5 Å². The standard InChI is InChI=1S/C20H23FN2O2/c1-13-8-9-16-17(6-3-7-18(16)21)20(13)23-11-14-4-2-5-15(10-14)25-12-19(22)24/h2-7,10,13,20,23H,8-9,11-12H2,1H3,(H2,22,24)/t13-,20-/m0/s1. The van der Waals surface area contributed by atoms with Gasteiger partial charge in [-0.1, -0.05) is 31.2 Å². The minimum Gasteiger partial charge on any atom is -0.484 e. The van der Waals surface area contributed by atoms with E-state index in [1.54, 1.807) is 12.1 Å². The molecule has 4 nitrogen and oxygen atoms in total. The highest BCUT2D eigenvalue weighted by Crippen LogP contribution is 2.35. The van der Waals surface area contributed by atoms with Crippen molar-refractivity contribution < 1.29 is 13.9 Å². The van der Waals surface area contributed by atoms with Crippen molar-refractivity contribution in [3.8, 4) is 5.75 Å². The Morgan fingerprint density at radius 1 is 1.32 bits per heavy atom. The summed E-state index contributed by atoms with van der Waals surface area (Å²) in [5.41, 5.74) is 8.03. The summed E-state index contributed by atoms with van der Waals surface area (Å²) in [6, 6.07) is 13.0. The van der Waals surface area contributed by atoms with Crippen molar-refractivity contribution in [2.24, 2.45) is 11.7 Å². The maximum atomic E-state index is 14.1. The molecule has 0 fully saturated rings. The predicted octanol–water partition coefficient (Wildman–Crippen LogP) is 3.10. The normalized spacial score (nSPS) is 19.3. The monoisotopic (exact) mass is 342 g/mol. The van der Waals surface area contributed by atoms with Gasteiger partial charge < -0.3 is 15.8 Å². The molecule has 2 aromatic carbocycles. The molecule has 5 heteroatoms. The van der Waals surface area contributed by atoms with E-state index in [0.29, 0.717) is 18.2 Å². The van der Waals surface area contributed by atoms with Crippen molar-refractivity contribution in [2.45, 2.75) is 32.4 Å². The van der Waals surface area contributed by atoms with Crippen LogP contribution in [0.4, 0.5) is 4.39 Å². The molecule has 132 valence electrons. The summed E-state index contributed by atoms with van der Waals surface area (Å²) in [7, 11) is 0. The number of amides is 1. The Balaban J connectivity index is 1.70. The van der Waals surface area contributed by atoms with Gasteiger partial charge >= 0.3 is 0 Å². The molecule has 25 heavy (non-hydrogen) atoms. The molecular weight excluding hydrogens is 319 g/mol. The molecular formula is C20H23FN2O2. The Labute approximate surface area is 147 Å². The largest absolute Gasteiger partial charge is 0.484 e. The lowest BCUT2D eigenvalue weighted by Crippen LogP contribution is -2.31. The van der Waals surface area contributed by atoms with E-state index < -0.39 is 5.91 Å². The molecule has 0 aliphatic heterocycles. The van der Waals surface area contributed by atoms with Crippen LogP contribution in [0.5, 0.6) is 5.75 Å². The first-order chi connectivity index (χ1) is 12.0. The van der Waals surface area contributed by atoms with E-state index in [1.807, 2.05) is 24.3 Å². The maximum absolute atomic E-state index is 14.1. The van der Waals surface area contributed by atoms with Crippen molar-refractivity contribution in [3.63, 3.8) is 0 Å². The van der Waals surface area contributed by atoms with E-state index in [2.05, 4.69) is 12.2 Å². The number of benzene rings is 2. The summed E-state index contributed by atoms with van der Waals surface area (Å²) in [6.07, 6.45) is 1.76. The molecule has 0 bridgehead atoms. The van der Waals surface area contributed by atoms with Gasteiger partial charge in [-0.2, -0.15) is 0 Å². The molecule has 1 aliphatic rings. The Kier molecular flexibility index (Phi) is 5.34. The second-order valence-corrected chi connectivity index (χ2v) is 6.58. The number of carbonyl (C=O) groups excluding carboxylic acids is 1. The van der Waals surface area contributed by atoms with E-state index in [1.165, 1.54) is 6.07 Å². The molecule has 0 heterocycles. The first-order valence-electron chi connectivity index (χ1n) is 8.55. The number of nitrogens with two attached hydrogens (primary N) is 1. The van der Waals surface area contributed by atoms with Gasteiger partial charge in [0.2, 0.25) is 0 Å². The topological polar surface area (TPSA) is 64.3 Å². The van der Waals surface area contributed by atoms with Crippen molar-refractivity contribution in [2.75, 3.05) is 6.61 Å². The van der Waals surface area contributed by atoms with Crippen LogP contribution < -0.4 is 15.8 Å². The van der Waals surface area contributed by atoms with Gasteiger partial charge in [0.1, 0.15) is 11.6 Å². The van der Waals surface area contributed by atoms with Crippen molar-refractivity contribution in [1.29, 1.82) is 0 Å². The third-order valence-electron chi connectivity index (χ3n) is 4.71. The summed E-state index contributed by atoms with van der Waals surface area (Å²) in [5, 5.41) is 3.55. The van der Waals surface area contributed by atoms with E-state index in [0.717, 1.165) is 29.5 Å². The molecule has 0 saturated heterocycles. The first kappa shape index (κ1) is 17.4. The SMILES string of the molecule is C[C@H]1CCc2c(F)cccc2[C@H]1NCc1cccc(OCC(N)=O)c1. The molecule has 3 N–H and O–H groups in total. The highest BCUT2D eigenvalue weighted by molar-refractivity contribution is 5.75. The van der Waals surface area contributed by atoms with Gasteiger partial charge in [0.05, 0.1) is 0 Å². The first-order valence-corrected chi connectivity index (χ1v) is 8.55. The molecule has 1 aliphatic carbocycles. The van der Waals surface area contributed by atoms with Gasteiger partial charge in [-0.3, -0.25) is 4.79 Å². The van der Waals surface area contributed by atoms with Crippen molar-refractivity contribution in [3.05, 3.63) is 65.0 Å². The molecule has 0 radical (unpaired) electrons. The Morgan fingerprint density at radius 2 is 2.12 bits per heavy atom. The van der Waals surface area contributed by atoms with E-state index in [4.69, 9.17) is 10.5 Å². The molecule has 0 aromatic heterocycles. The highest BCUT2D eigenvalue weighted by Gasteiger charge is 2.27. The van der Waals surface area contributed by atoms with Gasteiger partial charge in [0.25, 0.3) is 5.91 Å². The van der Waals surface area contributed by atoms with Crippen LogP contribution in [0.2, 0.25) is 0 Å². The number of nitrogens with one attached hydrogen (secondary N) is 1. The van der Waals surface area contributed by atoms with Crippen molar-refractivity contribution >= 4 is 5.91 Å². The second kappa shape index (κ2) is 7.66. The zero-order valence-corrected chi connectivity index (χ0v) is 14.3. The maximum Gasteiger partial charge on any atom is 0.255 e. The fourth-order valence-electron chi connectivity index (χ4n) is 3.41. The van der Waals surface area contributed by atoms with Crippen LogP contribution in [0.3, 0.4) is 0 Å². The molecule has 0 saturated carbocycles. The van der Waals surface area contributed by atoms with E-state index in [-0.39, 0.29) is 18.5 Å². The van der Waals surface area contributed by atoms with Gasteiger partial charge in [-0.25, -0.2) is 4.39 Å². The minimum absolute atomic E-state index is 0.113. The third kappa shape index (κ3) is 4.17. The van der Waals surface area contributed by atoms with E-state index in [9.17, 15) is 9.18 Å². The number of fused-ring (bicyclic) bond motifs is 1. The summed E-state index contributed by atoms with van der Waals surface area (Å²) < 4.78 is 19.4. The lowest BCUT2D eigenvalue weighted by molar-refractivity contribution is -0.119. The van der Waals surface area contributed by atoms with Crippen LogP contribution >= 0.6 is 0 Å². The smallest absolute Gasteiger partial charge is 0.255 e. The third-order valence-corrected chi connectivity index (χ3v) is 4.71. The number of ether oxygens (including phenoxy) is 1. The quantitative estimate of drug-likeness (QED) is 0.848.